The Labute approximate surface area is 89.9 Å². The third kappa shape index (κ3) is 2.01. The van der Waals surface area contributed by atoms with E-state index in [2.05, 4.69) is 6.92 Å². The number of rotatable bonds is 2. The van der Waals surface area contributed by atoms with Crippen molar-refractivity contribution in [2.45, 2.75) is 32.5 Å². The third-order valence-corrected chi connectivity index (χ3v) is 3.25. The molecule has 0 bridgehead atoms. The lowest BCUT2D eigenvalue weighted by Crippen LogP contribution is -2.27. The number of carbonyl (C=O) groups is 1. The normalized spacial score (nSPS) is 33.5. The number of hydrogen-bond acceptors (Lipinski definition) is 4. The number of esters is 1. The standard InChI is InChI=1S/C11H18O4/c1-3-13-10(12)9-7-11(6-8(9)2)14-4-5-15-11/h8-9H,3-7H2,1-2H3/t8-,9+/m0/s1. The highest BCUT2D eigenvalue weighted by Crippen LogP contribution is 2.44. The van der Waals surface area contributed by atoms with Crippen LogP contribution in [0.2, 0.25) is 0 Å². The predicted octanol–water partition coefficient (Wildman–Crippen LogP) is 1.34. The fraction of sp³-hybridized carbons (Fsp3) is 0.909. The van der Waals surface area contributed by atoms with Gasteiger partial charge in [-0.2, -0.15) is 0 Å². The first kappa shape index (κ1) is 10.9. The van der Waals surface area contributed by atoms with E-state index in [9.17, 15) is 4.79 Å². The fourth-order valence-corrected chi connectivity index (χ4v) is 2.55. The zero-order valence-corrected chi connectivity index (χ0v) is 9.32. The molecule has 1 spiro atoms. The van der Waals surface area contributed by atoms with E-state index in [-0.39, 0.29) is 17.8 Å². The molecule has 4 heteroatoms. The van der Waals surface area contributed by atoms with Gasteiger partial charge in [0.1, 0.15) is 0 Å². The van der Waals surface area contributed by atoms with E-state index in [1.165, 1.54) is 0 Å². The molecule has 1 saturated carbocycles. The molecule has 15 heavy (non-hydrogen) atoms. The zero-order chi connectivity index (χ0) is 10.9. The van der Waals surface area contributed by atoms with Gasteiger partial charge in [-0.15, -0.1) is 0 Å². The van der Waals surface area contributed by atoms with Crippen LogP contribution in [-0.2, 0) is 19.0 Å². The molecule has 1 saturated heterocycles. The topological polar surface area (TPSA) is 44.8 Å². The molecule has 0 aromatic rings. The number of carbonyl (C=O) groups excluding carboxylic acids is 1. The SMILES string of the molecule is CCOC(=O)[C@@H]1CC2(C[C@@H]1C)OCCO2. The summed E-state index contributed by atoms with van der Waals surface area (Å²) in [6, 6.07) is 0. The van der Waals surface area contributed by atoms with E-state index in [4.69, 9.17) is 14.2 Å². The van der Waals surface area contributed by atoms with Crippen LogP contribution < -0.4 is 0 Å². The van der Waals surface area contributed by atoms with Crippen LogP contribution in [0.3, 0.4) is 0 Å². The fourth-order valence-electron chi connectivity index (χ4n) is 2.55. The second kappa shape index (κ2) is 4.10. The maximum Gasteiger partial charge on any atom is 0.309 e. The summed E-state index contributed by atoms with van der Waals surface area (Å²) in [5.74, 6) is -0.386. The highest BCUT2D eigenvalue weighted by Gasteiger charge is 2.50. The minimum atomic E-state index is -0.489. The molecule has 2 rings (SSSR count). The van der Waals surface area contributed by atoms with E-state index in [1.54, 1.807) is 0 Å². The first-order valence-electron chi connectivity index (χ1n) is 5.61. The van der Waals surface area contributed by atoms with E-state index >= 15 is 0 Å². The molecule has 2 atom stereocenters. The van der Waals surface area contributed by atoms with Crippen molar-refractivity contribution in [3.63, 3.8) is 0 Å². The Kier molecular flexibility index (Phi) is 2.98. The Morgan fingerprint density at radius 2 is 2.07 bits per heavy atom. The van der Waals surface area contributed by atoms with Crippen molar-refractivity contribution in [2.24, 2.45) is 11.8 Å². The minimum Gasteiger partial charge on any atom is -0.466 e. The monoisotopic (exact) mass is 214 g/mol. The molecule has 2 aliphatic rings. The van der Waals surface area contributed by atoms with Crippen LogP contribution in [0.15, 0.2) is 0 Å². The minimum absolute atomic E-state index is 0.0666. The van der Waals surface area contributed by atoms with Gasteiger partial charge in [-0.3, -0.25) is 4.79 Å². The smallest absolute Gasteiger partial charge is 0.309 e. The van der Waals surface area contributed by atoms with Crippen molar-refractivity contribution in [3.05, 3.63) is 0 Å². The summed E-state index contributed by atoms with van der Waals surface area (Å²) >= 11 is 0. The van der Waals surface area contributed by atoms with Gasteiger partial charge in [0, 0.05) is 12.8 Å². The quantitative estimate of drug-likeness (QED) is 0.651. The molecular formula is C11H18O4. The van der Waals surface area contributed by atoms with Crippen LogP contribution in [-0.4, -0.2) is 31.6 Å². The maximum atomic E-state index is 11.7. The zero-order valence-electron chi connectivity index (χ0n) is 9.32. The average Bonchev–Trinajstić information content (AvgIpc) is 2.75. The molecule has 1 aliphatic heterocycles. The van der Waals surface area contributed by atoms with Crippen molar-refractivity contribution < 1.29 is 19.0 Å². The molecule has 0 aromatic carbocycles. The molecule has 1 heterocycles. The van der Waals surface area contributed by atoms with Gasteiger partial charge in [-0.05, 0) is 12.8 Å². The lowest BCUT2D eigenvalue weighted by molar-refractivity contribution is -0.162. The van der Waals surface area contributed by atoms with Crippen LogP contribution in [0.5, 0.6) is 0 Å². The highest BCUT2D eigenvalue weighted by atomic mass is 16.7. The van der Waals surface area contributed by atoms with Gasteiger partial charge in [0.05, 0.1) is 25.7 Å². The summed E-state index contributed by atoms with van der Waals surface area (Å²) in [4.78, 5) is 11.7. The summed E-state index contributed by atoms with van der Waals surface area (Å²) in [5.41, 5.74) is 0. The van der Waals surface area contributed by atoms with Gasteiger partial charge in [-0.25, -0.2) is 0 Å². The van der Waals surface area contributed by atoms with E-state index < -0.39 is 5.79 Å². The summed E-state index contributed by atoms with van der Waals surface area (Å²) in [5, 5.41) is 0. The molecule has 0 aromatic heterocycles. The lowest BCUT2D eigenvalue weighted by Gasteiger charge is -2.21. The van der Waals surface area contributed by atoms with Gasteiger partial charge in [0.25, 0.3) is 0 Å². The third-order valence-electron chi connectivity index (χ3n) is 3.25. The van der Waals surface area contributed by atoms with Crippen molar-refractivity contribution >= 4 is 5.97 Å². The first-order valence-corrected chi connectivity index (χ1v) is 5.61. The van der Waals surface area contributed by atoms with Crippen LogP contribution in [0.1, 0.15) is 26.7 Å². The molecular weight excluding hydrogens is 196 g/mol. The van der Waals surface area contributed by atoms with Crippen molar-refractivity contribution in [1.29, 1.82) is 0 Å². The Balaban J connectivity index is 2.00. The molecule has 1 aliphatic carbocycles. The Morgan fingerprint density at radius 1 is 1.40 bits per heavy atom. The van der Waals surface area contributed by atoms with Gasteiger partial charge < -0.3 is 14.2 Å². The number of hydrogen-bond donors (Lipinski definition) is 0. The highest BCUT2D eigenvalue weighted by molar-refractivity contribution is 5.73. The first-order chi connectivity index (χ1) is 7.17. The van der Waals surface area contributed by atoms with E-state index in [0.717, 1.165) is 6.42 Å². The van der Waals surface area contributed by atoms with E-state index in [0.29, 0.717) is 26.2 Å². The maximum absolute atomic E-state index is 11.7. The molecule has 2 fully saturated rings. The molecule has 0 unspecified atom stereocenters. The van der Waals surface area contributed by atoms with Gasteiger partial charge >= 0.3 is 5.97 Å². The van der Waals surface area contributed by atoms with Crippen LogP contribution in [0, 0.1) is 11.8 Å². The van der Waals surface area contributed by atoms with Gasteiger partial charge in [0.2, 0.25) is 0 Å². The Bertz CT molecular complexity index is 245. The van der Waals surface area contributed by atoms with Crippen molar-refractivity contribution in [1.82, 2.24) is 0 Å². The van der Waals surface area contributed by atoms with Crippen LogP contribution in [0.25, 0.3) is 0 Å². The molecule has 4 nitrogen and oxygen atoms in total. The van der Waals surface area contributed by atoms with Crippen LogP contribution >= 0.6 is 0 Å². The van der Waals surface area contributed by atoms with Gasteiger partial charge in [-0.1, -0.05) is 6.92 Å². The van der Waals surface area contributed by atoms with Gasteiger partial charge in [0.15, 0.2) is 5.79 Å². The second-order valence-corrected chi connectivity index (χ2v) is 4.35. The molecule has 86 valence electrons. The molecule has 0 N–H and O–H groups in total. The summed E-state index contributed by atoms with van der Waals surface area (Å²) < 4.78 is 16.2. The Hall–Kier alpha value is -0.610. The largest absolute Gasteiger partial charge is 0.466 e. The number of ether oxygens (including phenoxy) is 3. The summed E-state index contributed by atoms with van der Waals surface area (Å²) in [6.07, 6.45) is 1.45. The average molecular weight is 214 g/mol. The predicted molar refractivity (Wildman–Crippen MR) is 53.2 cm³/mol. The Morgan fingerprint density at radius 3 is 2.67 bits per heavy atom. The van der Waals surface area contributed by atoms with Crippen molar-refractivity contribution in [3.8, 4) is 0 Å². The molecule has 0 radical (unpaired) electrons. The second-order valence-electron chi connectivity index (χ2n) is 4.35. The molecule has 0 amide bonds. The lowest BCUT2D eigenvalue weighted by atomic mass is 9.99. The van der Waals surface area contributed by atoms with Crippen LogP contribution in [0.4, 0.5) is 0 Å². The summed E-state index contributed by atoms with van der Waals surface area (Å²) in [7, 11) is 0. The van der Waals surface area contributed by atoms with E-state index in [1.807, 2.05) is 6.92 Å². The van der Waals surface area contributed by atoms with Crippen molar-refractivity contribution in [2.75, 3.05) is 19.8 Å². The summed E-state index contributed by atoms with van der Waals surface area (Å²) in [6.45, 7) is 5.61.